The molecule has 2 aromatic carbocycles. The molecule has 1 aliphatic carbocycles. The third kappa shape index (κ3) is 5.67. The normalized spacial score (nSPS) is 16.6. The van der Waals surface area contributed by atoms with Gasteiger partial charge in [0, 0.05) is 36.2 Å². The van der Waals surface area contributed by atoms with Gasteiger partial charge >= 0.3 is 6.18 Å². The smallest absolute Gasteiger partial charge is 0.347 e. The van der Waals surface area contributed by atoms with Gasteiger partial charge in [0.05, 0.1) is 6.04 Å². The van der Waals surface area contributed by atoms with Crippen LogP contribution < -0.4 is 5.32 Å². The molecule has 3 aromatic rings. The van der Waals surface area contributed by atoms with E-state index in [0.29, 0.717) is 22.8 Å². The minimum Gasteiger partial charge on any atom is -0.347 e. The number of halogens is 5. The summed E-state index contributed by atoms with van der Waals surface area (Å²) in [6, 6.07) is 10.2. The van der Waals surface area contributed by atoms with Crippen molar-refractivity contribution in [2.45, 2.75) is 31.6 Å². The van der Waals surface area contributed by atoms with Crippen LogP contribution in [-0.4, -0.2) is 33.3 Å². The van der Waals surface area contributed by atoms with E-state index in [4.69, 9.17) is 5.41 Å². The van der Waals surface area contributed by atoms with Crippen LogP contribution in [0.1, 0.15) is 46.1 Å². The van der Waals surface area contributed by atoms with Crippen molar-refractivity contribution in [1.29, 1.82) is 5.41 Å². The highest BCUT2D eigenvalue weighted by atomic mass is 32.2. The molecule has 1 aromatic heterocycles. The van der Waals surface area contributed by atoms with Crippen LogP contribution in [0.5, 0.6) is 0 Å². The monoisotopic (exact) mass is 546 g/mol. The standard InChI is InChI=1S/C27H23F5N4OS/c28-21-6-5-17(13-22(21)29)23(16-3-4-16)35-25(37)19-11-15(14-36-8-9-38-26(36)33)10-18(12-19)20-2-1-7-34-24(20)27(30,31)32/h1-2,5-7,10-13,16,23,33H,3-4,8-9,14H2,(H,35,37). The molecule has 5 rings (SSSR count). The average molecular weight is 547 g/mol. The quantitative estimate of drug-likeness (QED) is 0.336. The van der Waals surface area contributed by atoms with E-state index < -0.39 is 35.5 Å². The van der Waals surface area contributed by atoms with Gasteiger partial charge in [0.25, 0.3) is 5.91 Å². The summed E-state index contributed by atoms with van der Waals surface area (Å²) < 4.78 is 68.7. The summed E-state index contributed by atoms with van der Waals surface area (Å²) in [6.45, 7) is 0.854. The number of hydrogen-bond donors (Lipinski definition) is 2. The van der Waals surface area contributed by atoms with Crippen molar-refractivity contribution in [1.82, 2.24) is 15.2 Å². The van der Waals surface area contributed by atoms with Crippen molar-refractivity contribution in [2.75, 3.05) is 12.3 Å². The van der Waals surface area contributed by atoms with E-state index in [2.05, 4.69) is 10.3 Å². The third-order valence-corrected chi connectivity index (χ3v) is 7.50. The zero-order valence-corrected chi connectivity index (χ0v) is 20.8. The molecule has 0 spiro atoms. The van der Waals surface area contributed by atoms with Crippen molar-refractivity contribution >= 4 is 22.8 Å². The lowest BCUT2D eigenvalue weighted by atomic mass is 9.96. The Morgan fingerprint density at radius 1 is 1.13 bits per heavy atom. The number of benzene rings is 2. The number of pyridine rings is 1. The highest BCUT2D eigenvalue weighted by molar-refractivity contribution is 8.14. The minimum atomic E-state index is -4.70. The number of carbonyl (C=O) groups excluding carboxylic acids is 1. The first-order valence-electron chi connectivity index (χ1n) is 12.0. The van der Waals surface area contributed by atoms with E-state index in [0.717, 1.165) is 36.9 Å². The maximum absolute atomic E-state index is 13.9. The third-order valence-electron chi connectivity index (χ3n) is 6.59. The van der Waals surface area contributed by atoms with E-state index in [1.54, 1.807) is 17.0 Å². The lowest BCUT2D eigenvalue weighted by molar-refractivity contribution is -0.140. The van der Waals surface area contributed by atoms with Crippen LogP contribution in [0.15, 0.2) is 54.7 Å². The Hall–Kier alpha value is -3.47. The fourth-order valence-corrected chi connectivity index (χ4v) is 5.43. The first kappa shape index (κ1) is 26.1. The second kappa shape index (κ2) is 10.4. The second-order valence-corrected chi connectivity index (χ2v) is 10.4. The van der Waals surface area contributed by atoms with Crippen molar-refractivity contribution < 1.29 is 26.7 Å². The predicted molar refractivity (Wildman–Crippen MR) is 135 cm³/mol. The Labute approximate surface area is 220 Å². The summed E-state index contributed by atoms with van der Waals surface area (Å²) in [5.41, 5.74) is 0.0491. The fraction of sp³-hybridized carbons (Fsp3) is 0.296. The molecule has 1 saturated carbocycles. The van der Waals surface area contributed by atoms with Crippen molar-refractivity contribution in [3.8, 4) is 11.1 Å². The molecule has 1 unspecified atom stereocenters. The van der Waals surface area contributed by atoms with Crippen LogP contribution in [0.3, 0.4) is 0 Å². The van der Waals surface area contributed by atoms with Crippen LogP contribution in [-0.2, 0) is 12.7 Å². The number of thioether (sulfide) groups is 1. The van der Waals surface area contributed by atoms with Gasteiger partial charge in [-0.3, -0.25) is 15.2 Å². The summed E-state index contributed by atoms with van der Waals surface area (Å²) >= 11 is 1.37. The molecule has 1 aliphatic heterocycles. The lowest BCUT2D eigenvalue weighted by Crippen LogP contribution is -2.30. The summed E-state index contributed by atoms with van der Waals surface area (Å²) in [5, 5.41) is 11.3. The first-order valence-corrected chi connectivity index (χ1v) is 13.0. The number of nitrogens with zero attached hydrogens (tertiary/aromatic N) is 2. The SMILES string of the molecule is N=C1SCCN1Cc1cc(C(=O)NC(c2ccc(F)c(F)c2)C2CC2)cc(-c2cccnc2C(F)(F)F)c1. The Morgan fingerprint density at radius 2 is 1.92 bits per heavy atom. The molecular formula is C27H23F5N4OS. The molecule has 1 atom stereocenters. The Balaban J connectivity index is 1.52. The molecule has 2 fully saturated rings. The number of alkyl halides is 3. The largest absolute Gasteiger partial charge is 0.433 e. The van der Waals surface area contributed by atoms with Crippen molar-refractivity contribution in [2.24, 2.45) is 5.92 Å². The van der Waals surface area contributed by atoms with Crippen LogP contribution in [0, 0.1) is 23.0 Å². The first-order chi connectivity index (χ1) is 18.1. The highest BCUT2D eigenvalue weighted by Gasteiger charge is 2.36. The molecule has 1 amide bonds. The van der Waals surface area contributed by atoms with Gasteiger partial charge in [-0.15, -0.1) is 0 Å². The molecule has 2 aliphatic rings. The minimum absolute atomic E-state index is 0.0451. The maximum atomic E-state index is 13.9. The van der Waals surface area contributed by atoms with Crippen LogP contribution in [0.2, 0.25) is 0 Å². The topological polar surface area (TPSA) is 69.1 Å². The van der Waals surface area contributed by atoms with E-state index in [9.17, 15) is 26.7 Å². The van der Waals surface area contributed by atoms with Gasteiger partial charge in [0.1, 0.15) is 0 Å². The summed E-state index contributed by atoms with van der Waals surface area (Å²) in [6.07, 6.45) is -2.04. The Morgan fingerprint density at radius 3 is 2.58 bits per heavy atom. The Kier molecular flexibility index (Phi) is 7.13. The zero-order chi connectivity index (χ0) is 27.0. The molecule has 0 radical (unpaired) electrons. The number of amides is 1. The number of hydrogen-bond acceptors (Lipinski definition) is 4. The number of aromatic nitrogens is 1. The van der Waals surface area contributed by atoms with Crippen molar-refractivity contribution in [3.63, 3.8) is 0 Å². The zero-order valence-electron chi connectivity index (χ0n) is 20.0. The molecule has 2 heterocycles. The number of rotatable bonds is 7. The molecule has 38 heavy (non-hydrogen) atoms. The molecule has 0 bridgehead atoms. The number of amidine groups is 1. The van der Waals surface area contributed by atoms with Gasteiger partial charge in [0.2, 0.25) is 0 Å². The van der Waals surface area contributed by atoms with E-state index in [-0.39, 0.29) is 29.2 Å². The van der Waals surface area contributed by atoms with Crippen LogP contribution >= 0.6 is 11.8 Å². The predicted octanol–water partition coefficient (Wildman–Crippen LogP) is 6.41. The van der Waals surface area contributed by atoms with Gasteiger partial charge in [-0.2, -0.15) is 13.2 Å². The second-order valence-electron chi connectivity index (χ2n) is 9.35. The van der Waals surface area contributed by atoms with Crippen LogP contribution in [0.25, 0.3) is 11.1 Å². The van der Waals surface area contributed by atoms with Crippen molar-refractivity contribution in [3.05, 3.63) is 88.7 Å². The summed E-state index contributed by atoms with van der Waals surface area (Å²) in [5.74, 6) is -1.78. The average Bonchev–Trinajstić information content (AvgIpc) is 3.65. The Bertz CT molecular complexity index is 1390. The lowest BCUT2D eigenvalue weighted by Gasteiger charge is -2.21. The fourth-order valence-electron chi connectivity index (χ4n) is 4.58. The summed E-state index contributed by atoms with van der Waals surface area (Å²) in [7, 11) is 0. The number of nitrogens with one attached hydrogen (secondary N) is 2. The van der Waals surface area contributed by atoms with Gasteiger partial charge in [-0.05, 0) is 71.8 Å². The maximum Gasteiger partial charge on any atom is 0.433 e. The molecular weight excluding hydrogens is 523 g/mol. The van der Waals surface area contributed by atoms with E-state index in [1.807, 2.05) is 0 Å². The molecule has 198 valence electrons. The molecule has 5 nitrogen and oxygen atoms in total. The van der Waals surface area contributed by atoms with Crippen LogP contribution in [0.4, 0.5) is 22.0 Å². The summed E-state index contributed by atoms with van der Waals surface area (Å²) in [4.78, 5) is 18.8. The molecule has 11 heteroatoms. The van der Waals surface area contributed by atoms with Gasteiger partial charge in [0.15, 0.2) is 22.5 Å². The van der Waals surface area contributed by atoms with E-state index in [1.165, 1.54) is 36.0 Å². The van der Waals surface area contributed by atoms with Gasteiger partial charge in [-0.25, -0.2) is 8.78 Å². The number of carbonyl (C=O) groups is 1. The van der Waals surface area contributed by atoms with Gasteiger partial charge < -0.3 is 10.2 Å². The van der Waals surface area contributed by atoms with E-state index >= 15 is 0 Å². The van der Waals surface area contributed by atoms with Gasteiger partial charge in [-0.1, -0.05) is 23.9 Å². The molecule has 1 saturated heterocycles. The highest BCUT2D eigenvalue weighted by Crippen LogP contribution is 2.42. The molecule has 2 N–H and O–H groups in total.